The minimum Gasteiger partial charge on any atom is -0.311 e. The molecule has 7 aromatic carbocycles. The van der Waals surface area contributed by atoms with Crippen molar-refractivity contribution in [3.63, 3.8) is 0 Å². The van der Waals surface area contributed by atoms with E-state index in [9.17, 15) is 0 Å². The first kappa shape index (κ1) is 30.1. The third-order valence-electron chi connectivity index (χ3n) is 9.71. The van der Waals surface area contributed by atoms with Crippen molar-refractivity contribution in [1.29, 1.82) is 0 Å². The highest BCUT2D eigenvalue weighted by molar-refractivity contribution is 6.16. The Morgan fingerprint density at radius 2 is 0.941 bits per heavy atom. The number of hydrogen-bond acceptors (Lipinski definition) is 1. The molecular formula is C46H35N5+2. The van der Waals surface area contributed by atoms with Gasteiger partial charge in [0.25, 0.3) is 5.84 Å². The average molecular weight is 658 g/mol. The Morgan fingerprint density at radius 1 is 0.471 bits per heavy atom. The van der Waals surface area contributed by atoms with Gasteiger partial charge in [-0.3, -0.25) is 10.8 Å². The molecule has 51 heavy (non-hydrogen) atoms. The van der Waals surface area contributed by atoms with Gasteiger partial charge in [0.15, 0.2) is 6.21 Å². The second-order valence-corrected chi connectivity index (χ2v) is 12.7. The molecular weight excluding hydrogens is 623 g/mol. The van der Waals surface area contributed by atoms with Gasteiger partial charge in [0, 0.05) is 56.4 Å². The summed E-state index contributed by atoms with van der Waals surface area (Å²) in [5.41, 5.74) is 11.2. The number of fused-ring (bicyclic) bond motifs is 6. The molecule has 0 aliphatic rings. The number of anilines is 3. The lowest BCUT2D eigenvalue weighted by atomic mass is 10.0. The summed E-state index contributed by atoms with van der Waals surface area (Å²) in [6.07, 6.45) is 5.08. The van der Waals surface area contributed by atoms with Gasteiger partial charge in [0.1, 0.15) is 11.0 Å². The van der Waals surface area contributed by atoms with Crippen molar-refractivity contribution in [2.75, 3.05) is 4.90 Å². The molecule has 0 bridgehead atoms. The minimum atomic E-state index is 0.616. The summed E-state index contributed by atoms with van der Waals surface area (Å²) < 4.78 is 4.46. The van der Waals surface area contributed by atoms with E-state index in [1.165, 1.54) is 28.0 Å². The first-order valence-electron chi connectivity index (χ1n) is 17.1. The molecule has 0 aliphatic heterocycles. The number of aromatic nitrogens is 2. The molecule has 5 heteroatoms. The van der Waals surface area contributed by atoms with Gasteiger partial charge in [-0.2, -0.15) is 4.57 Å². The predicted molar refractivity (Wildman–Crippen MR) is 213 cm³/mol. The van der Waals surface area contributed by atoms with E-state index in [-0.39, 0.29) is 0 Å². The molecule has 0 fully saturated rings. The number of nitrogens with two attached hydrogens (primary N) is 2. The van der Waals surface area contributed by atoms with Gasteiger partial charge in [-0.15, -0.1) is 0 Å². The summed E-state index contributed by atoms with van der Waals surface area (Å²) in [6.45, 7) is 0. The largest absolute Gasteiger partial charge is 0.311 e. The Kier molecular flexibility index (Phi) is 7.37. The number of para-hydroxylation sites is 4. The average Bonchev–Trinajstić information content (AvgIpc) is 3.70. The van der Waals surface area contributed by atoms with Gasteiger partial charge < -0.3 is 9.47 Å². The first-order chi connectivity index (χ1) is 25.2. The fourth-order valence-electron chi connectivity index (χ4n) is 7.44. The van der Waals surface area contributed by atoms with Crippen LogP contribution in [-0.2, 0) is 0 Å². The Balaban J connectivity index is 1.15. The quantitative estimate of drug-likeness (QED) is 0.131. The highest BCUT2D eigenvalue weighted by atomic mass is 15.1. The molecule has 0 saturated carbocycles. The SMILES string of the molecule is [NH2+]=C/C=C\C(=[NH2+])n1c2ccccc2c2cc(-c3ccc4c(c3)c3ccccc3n4-c3ccc(N(c4ccccc4)c4ccccc4)cc3)ccc21. The summed E-state index contributed by atoms with van der Waals surface area (Å²) in [7, 11) is 0. The van der Waals surface area contributed by atoms with E-state index in [1.807, 2.05) is 12.1 Å². The minimum absolute atomic E-state index is 0.616. The van der Waals surface area contributed by atoms with Crippen molar-refractivity contribution >= 4 is 72.7 Å². The Hall–Kier alpha value is -6.98. The molecule has 9 aromatic rings. The molecule has 4 N–H and O–H groups in total. The predicted octanol–water partition coefficient (Wildman–Crippen LogP) is 8.42. The molecule has 2 aromatic heterocycles. The summed E-state index contributed by atoms with van der Waals surface area (Å²) in [5, 5.41) is 16.9. The fourth-order valence-corrected chi connectivity index (χ4v) is 7.44. The topological polar surface area (TPSA) is 64.3 Å². The maximum Gasteiger partial charge on any atom is 0.278 e. The Morgan fingerprint density at radius 3 is 1.57 bits per heavy atom. The van der Waals surface area contributed by atoms with E-state index in [2.05, 4.69) is 178 Å². The molecule has 0 atom stereocenters. The second kappa shape index (κ2) is 12.5. The molecule has 0 aliphatic carbocycles. The van der Waals surface area contributed by atoms with Crippen LogP contribution in [0, 0.1) is 0 Å². The van der Waals surface area contributed by atoms with Crippen LogP contribution in [0.25, 0.3) is 60.4 Å². The summed E-state index contributed by atoms with van der Waals surface area (Å²) >= 11 is 0. The molecule has 0 radical (unpaired) electrons. The monoisotopic (exact) mass is 657 g/mol. The maximum atomic E-state index is 6.56. The van der Waals surface area contributed by atoms with E-state index in [0.29, 0.717) is 5.84 Å². The van der Waals surface area contributed by atoms with Crippen molar-refractivity contribution in [3.8, 4) is 16.8 Å². The molecule has 5 nitrogen and oxygen atoms in total. The van der Waals surface area contributed by atoms with Gasteiger partial charge in [-0.05, 0) is 102 Å². The molecule has 0 amide bonds. The van der Waals surface area contributed by atoms with Crippen LogP contribution in [-0.4, -0.2) is 21.2 Å². The lowest BCUT2D eigenvalue weighted by Crippen LogP contribution is -2.43. The summed E-state index contributed by atoms with van der Waals surface area (Å²) in [6, 6.07) is 60.4. The van der Waals surface area contributed by atoms with Crippen LogP contribution in [0.3, 0.4) is 0 Å². The lowest BCUT2D eigenvalue weighted by molar-refractivity contribution is -0.116. The van der Waals surface area contributed by atoms with Crippen molar-refractivity contribution in [2.24, 2.45) is 0 Å². The summed E-state index contributed by atoms with van der Waals surface area (Å²) in [5.74, 6) is 0.616. The van der Waals surface area contributed by atoms with Crippen molar-refractivity contribution in [1.82, 2.24) is 9.13 Å². The van der Waals surface area contributed by atoms with Crippen LogP contribution in [0.15, 0.2) is 182 Å². The molecule has 9 rings (SSSR count). The van der Waals surface area contributed by atoms with Crippen molar-refractivity contribution < 1.29 is 10.8 Å². The van der Waals surface area contributed by atoms with Crippen LogP contribution in [0.2, 0.25) is 0 Å². The highest BCUT2D eigenvalue weighted by Gasteiger charge is 2.20. The zero-order valence-corrected chi connectivity index (χ0v) is 27.9. The third kappa shape index (κ3) is 5.11. The standard InChI is InChI=1S/C46H33N5/c47-29-11-20-46(48)51-43-19-10-8-17-39(43)41-31-33(22-28-45(41)51)32-21-27-44-40(30-32)38-16-7-9-18-42(38)50(44)37-25-23-36(24-26-37)49(34-12-3-1-4-13-34)35-14-5-2-6-15-35/h1-31,47-48H/p+2/b20-11-,47-29?,48-46?. The van der Waals surface area contributed by atoms with E-state index in [1.54, 1.807) is 6.08 Å². The van der Waals surface area contributed by atoms with Crippen LogP contribution in [0.4, 0.5) is 17.1 Å². The van der Waals surface area contributed by atoms with E-state index in [0.717, 1.165) is 55.7 Å². The second-order valence-electron chi connectivity index (χ2n) is 12.7. The number of hydrogen-bond donors (Lipinski definition) is 2. The number of benzene rings is 7. The van der Waals surface area contributed by atoms with E-state index >= 15 is 0 Å². The zero-order chi connectivity index (χ0) is 34.3. The summed E-state index contributed by atoms with van der Waals surface area (Å²) in [4.78, 5) is 2.29. The Labute approximate surface area is 295 Å². The van der Waals surface area contributed by atoms with Gasteiger partial charge in [0.05, 0.1) is 11.0 Å². The normalized spacial score (nSPS) is 11.6. The van der Waals surface area contributed by atoms with Crippen LogP contribution >= 0.6 is 0 Å². The third-order valence-corrected chi connectivity index (χ3v) is 9.71. The van der Waals surface area contributed by atoms with Gasteiger partial charge in [0.2, 0.25) is 0 Å². The smallest absolute Gasteiger partial charge is 0.278 e. The molecule has 0 unspecified atom stereocenters. The van der Waals surface area contributed by atoms with Crippen molar-refractivity contribution in [2.45, 2.75) is 0 Å². The number of allylic oxidation sites excluding steroid dienone is 2. The lowest BCUT2D eigenvalue weighted by Gasteiger charge is -2.25. The molecule has 242 valence electrons. The van der Waals surface area contributed by atoms with Gasteiger partial charge in [-0.1, -0.05) is 78.9 Å². The highest BCUT2D eigenvalue weighted by Crippen LogP contribution is 2.39. The van der Waals surface area contributed by atoms with E-state index < -0.39 is 0 Å². The van der Waals surface area contributed by atoms with Crippen LogP contribution in [0.5, 0.6) is 0 Å². The molecule has 0 spiro atoms. The van der Waals surface area contributed by atoms with Crippen molar-refractivity contribution in [3.05, 3.63) is 182 Å². The number of nitrogens with zero attached hydrogens (tertiary/aromatic N) is 3. The van der Waals surface area contributed by atoms with Crippen LogP contribution in [0.1, 0.15) is 0 Å². The van der Waals surface area contributed by atoms with E-state index in [4.69, 9.17) is 10.8 Å². The zero-order valence-electron chi connectivity index (χ0n) is 27.9. The molecule has 2 heterocycles. The van der Waals surface area contributed by atoms with Gasteiger partial charge >= 0.3 is 0 Å². The number of rotatable bonds is 7. The Bertz CT molecular complexity index is 2730. The molecule has 0 saturated heterocycles. The fraction of sp³-hybridized carbons (Fsp3) is 0. The van der Waals surface area contributed by atoms with Crippen LogP contribution < -0.4 is 15.7 Å². The first-order valence-corrected chi connectivity index (χ1v) is 17.1. The maximum absolute atomic E-state index is 6.56. The van der Waals surface area contributed by atoms with Gasteiger partial charge in [-0.25, -0.2) is 0 Å².